The van der Waals surface area contributed by atoms with Gasteiger partial charge in [0.2, 0.25) is 0 Å². The average Bonchev–Trinajstić information content (AvgIpc) is 3.30. The molecule has 0 atom stereocenters. The molecule has 0 aliphatic rings. The highest BCUT2D eigenvalue weighted by Crippen LogP contribution is 2.28. The van der Waals surface area contributed by atoms with E-state index in [1.165, 1.54) is 62.6 Å². The fraction of sp³-hybridized carbons (Fsp3) is 0.733. The van der Waals surface area contributed by atoms with Crippen LogP contribution in [0.1, 0.15) is 57.4 Å². The summed E-state index contributed by atoms with van der Waals surface area (Å²) in [4.78, 5) is 20.7. The molecule has 0 aliphatic carbocycles. The summed E-state index contributed by atoms with van der Waals surface area (Å²) >= 11 is 0. The van der Waals surface area contributed by atoms with Gasteiger partial charge in [0.25, 0.3) is 11.4 Å². The van der Waals surface area contributed by atoms with Gasteiger partial charge in [-0.1, -0.05) is 57.6 Å². The molecule has 0 bridgehead atoms. The van der Waals surface area contributed by atoms with Crippen LogP contribution in [0.5, 0.6) is 5.75 Å². The van der Waals surface area contributed by atoms with E-state index in [4.69, 9.17) is 56.8 Å². The van der Waals surface area contributed by atoms with Crippen LogP contribution < -0.4 is 10.1 Å². The van der Waals surface area contributed by atoms with Crippen molar-refractivity contribution >= 4 is 17.1 Å². The summed E-state index contributed by atoms with van der Waals surface area (Å²) in [5.74, 6) is 0.875. The monoisotopic (exact) mass is 914 g/mol. The topological polar surface area (TPSA) is 209 Å². The van der Waals surface area contributed by atoms with Crippen LogP contribution in [0, 0.1) is 20.2 Å². The van der Waals surface area contributed by atoms with Crippen molar-refractivity contribution in [1.82, 2.24) is 0 Å². The number of unbranched alkanes of at least 4 members (excludes halogenated alkanes) is 6. The molecule has 0 fully saturated rings. The number of benzene rings is 2. The van der Waals surface area contributed by atoms with Gasteiger partial charge in [-0.05, 0) is 36.6 Å². The molecule has 0 radical (unpaired) electrons. The minimum Gasteiger partial charge on any atom is -0.491 e. The first-order chi connectivity index (χ1) is 31.5. The first-order valence-electron chi connectivity index (χ1n) is 22.7. The number of hydrogen-bond donors (Lipinski definition) is 1. The van der Waals surface area contributed by atoms with E-state index < -0.39 is 9.85 Å². The van der Waals surface area contributed by atoms with Crippen LogP contribution in [-0.4, -0.2) is 168 Å². The SMILES string of the molecule is CCCCCCCCCc1ccc(OCCOCCOCCOCCOCCOCCOCCOCCOCCOCCOCCOCCNc2ccc([N+](=O)[O-])cc2[N+](=O)[O-])cc1. The van der Waals surface area contributed by atoms with Gasteiger partial charge >= 0.3 is 0 Å². The van der Waals surface area contributed by atoms with Gasteiger partial charge in [-0.15, -0.1) is 0 Å². The normalized spacial score (nSPS) is 11.3. The number of aryl methyl sites for hydroxylation is 1. The van der Waals surface area contributed by atoms with Crippen LogP contribution in [0.25, 0.3) is 0 Å². The minimum absolute atomic E-state index is 0.185. The highest BCUT2D eigenvalue weighted by atomic mass is 16.6. The molecule has 2 aromatic carbocycles. The minimum atomic E-state index is -0.680. The Hall–Kier alpha value is -3.60. The van der Waals surface area contributed by atoms with Gasteiger partial charge in [-0.3, -0.25) is 20.2 Å². The highest BCUT2D eigenvalue weighted by molar-refractivity contribution is 5.65. The van der Waals surface area contributed by atoms with Crippen molar-refractivity contribution in [2.75, 3.05) is 164 Å². The summed E-state index contributed by atoms with van der Waals surface area (Å²) in [7, 11) is 0. The molecular weight excluding hydrogens is 838 g/mol. The molecule has 0 saturated carbocycles. The summed E-state index contributed by atoms with van der Waals surface area (Å²) in [6.45, 7) is 13.0. The van der Waals surface area contributed by atoms with Crippen LogP contribution in [0.4, 0.5) is 17.1 Å². The van der Waals surface area contributed by atoms with Crippen molar-refractivity contribution in [2.45, 2.75) is 58.3 Å². The molecule has 0 aliphatic heterocycles. The third-order valence-corrected chi connectivity index (χ3v) is 9.16. The molecule has 0 amide bonds. The zero-order valence-corrected chi connectivity index (χ0v) is 38.1. The van der Waals surface area contributed by atoms with Crippen molar-refractivity contribution < 1.29 is 66.7 Å². The molecule has 0 unspecified atom stereocenters. The van der Waals surface area contributed by atoms with Crippen molar-refractivity contribution in [3.63, 3.8) is 0 Å². The number of nitro groups is 2. The molecule has 2 rings (SSSR count). The summed E-state index contributed by atoms with van der Waals surface area (Å²) < 4.78 is 66.3. The largest absolute Gasteiger partial charge is 0.491 e. The number of nitro benzene ring substituents is 2. The quantitative estimate of drug-likeness (QED) is 0.0428. The van der Waals surface area contributed by atoms with E-state index in [9.17, 15) is 20.2 Å². The lowest BCUT2D eigenvalue weighted by molar-refractivity contribution is -0.393. The van der Waals surface area contributed by atoms with Crippen LogP contribution in [0.15, 0.2) is 42.5 Å². The van der Waals surface area contributed by atoms with E-state index in [0.717, 1.165) is 18.2 Å². The molecule has 2 aromatic rings. The number of non-ortho nitro benzene ring substituents is 1. The molecule has 366 valence electrons. The molecule has 0 saturated heterocycles. The molecule has 19 heteroatoms. The second kappa shape index (κ2) is 42.1. The molecule has 64 heavy (non-hydrogen) atoms. The number of hydrogen-bond acceptors (Lipinski definition) is 17. The second-order valence-corrected chi connectivity index (χ2v) is 14.2. The first kappa shape index (κ1) is 56.5. The fourth-order valence-corrected chi connectivity index (χ4v) is 5.75. The van der Waals surface area contributed by atoms with Crippen molar-refractivity contribution in [1.29, 1.82) is 0 Å². The van der Waals surface area contributed by atoms with Gasteiger partial charge < -0.3 is 62.2 Å². The first-order valence-corrected chi connectivity index (χ1v) is 22.7. The second-order valence-electron chi connectivity index (χ2n) is 14.2. The van der Waals surface area contributed by atoms with Gasteiger partial charge in [-0.25, -0.2) is 0 Å². The molecule has 0 aromatic heterocycles. The highest BCUT2D eigenvalue weighted by Gasteiger charge is 2.19. The van der Waals surface area contributed by atoms with E-state index >= 15 is 0 Å². The lowest BCUT2D eigenvalue weighted by Crippen LogP contribution is -2.16. The molecule has 1 N–H and O–H groups in total. The third-order valence-electron chi connectivity index (χ3n) is 9.16. The maximum atomic E-state index is 11.2. The molecule has 0 heterocycles. The Morgan fingerprint density at radius 1 is 0.438 bits per heavy atom. The van der Waals surface area contributed by atoms with Gasteiger partial charge in [0.1, 0.15) is 18.0 Å². The summed E-state index contributed by atoms with van der Waals surface area (Å²) in [6.07, 6.45) is 10.4. The van der Waals surface area contributed by atoms with E-state index in [0.29, 0.717) is 145 Å². The molecule has 0 spiro atoms. The van der Waals surface area contributed by atoms with E-state index in [-0.39, 0.29) is 30.2 Å². The standard InChI is InChI=1S/C45H75N3O16/c1-2-3-4-5-6-7-8-9-41-10-13-43(14-11-41)64-39-38-63-37-36-62-35-34-61-33-32-60-31-30-59-29-28-58-27-26-57-25-24-56-23-22-55-21-20-54-19-18-53-17-16-46-44-15-12-42(47(49)50)40-45(44)48(51)52/h10-15,40,46H,2-9,16-39H2,1H3. The van der Waals surface area contributed by atoms with Crippen LogP contribution in [0.2, 0.25) is 0 Å². The maximum absolute atomic E-state index is 11.2. The Kier molecular flexibility index (Phi) is 37.2. The zero-order valence-electron chi connectivity index (χ0n) is 38.1. The van der Waals surface area contributed by atoms with Crippen LogP contribution >= 0.6 is 0 Å². The van der Waals surface area contributed by atoms with Crippen molar-refractivity contribution in [2.24, 2.45) is 0 Å². The number of nitrogens with zero attached hydrogens (tertiary/aromatic N) is 2. The lowest BCUT2D eigenvalue weighted by Gasteiger charge is -2.09. The Morgan fingerprint density at radius 3 is 1.20 bits per heavy atom. The Balaban J connectivity index is 1.19. The van der Waals surface area contributed by atoms with Gasteiger partial charge in [0.15, 0.2) is 0 Å². The number of rotatable bonds is 48. The maximum Gasteiger partial charge on any atom is 0.299 e. The Bertz CT molecular complexity index is 1390. The fourth-order valence-electron chi connectivity index (χ4n) is 5.75. The van der Waals surface area contributed by atoms with Gasteiger partial charge in [0, 0.05) is 12.6 Å². The molecule has 19 nitrogen and oxygen atoms in total. The zero-order chi connectivity index (χ0) is 45.8. The van der Waals surface area contributed by atoms with Crippen LogP contribution in [0.3, 0.4) is 0 Å². The van der Waals surface area contributed by atoms with Crippen molar-refractivity contribution in [3.05, 3.63) is 68.3 Å². The Morgan fingerprint density at radius 2 is 0.812 bits per heavy atom. The summed E-state index contributed by atoms with van der Waals surface area (Å²) in [6, 6.07) is 11.9. The van der Waals surface area contributed by atoms with Gasteiger partial charge in [-0.2, -0.15) is 0 Å². The average molecular weight is 914 g/mol. The summed E-state index contributed by atoms with van der Waals surface area (Å²) in [5, 5.41) is 24.9. The van der Waals surface area contributed by atoms with Crippen LogP contribution in [-0.2, 0) is 58.5 Å². The number of nitrogens with one attached hydrogen (secondary N) is 1. The number of anilines is 1. The van der Waals surface area contributed by atoms with E-state index in [2.05, 4.69) is 24.4 Å². The summed E-state index contributed by atoms with van der Waals surface area (Å²) in [5.41, 5.74) is 0.842. The van der Waals surface area contributed by atoms with Gasteiger partial charge in [0.05, 0.1) is 161 Å². The van der Waals surface area contributed by atoms with E-state index in [1.807, 2.05) is 12.1 Å². The third kappa shape index (κ3) is 33.0. The predicted molar refractivity (Wildman–Crippen MR) is 241 cm³/mol. The number of ether oxygens (including phenoxy) is 12. The smallest absolute Gasteiger partial charge is 0.299 e. The molecular formula is C45H75N3O16. The Labute approximate surface area is 379 Å². The van der Waals surface area contributed by atoms with Crippen molar-refractivity contribution in [3.8, 4) is 5.75 Å². The predicted octanol–water partition coefficient (Wildman–Crippen LogP) is 6.47. The van der Waals surface area contributed by atoms with E-state index in [1.54, 1.807) is 0 Å². The lowest BCUT2D eigenvalue weighted by atomic mass is 10.0.